The van der Waals surface area contributed by atoms with Gasteiger partial charge in [0.1, 0.15) is 24.4 Å². The molecular weight excluding hydrogens is 328 g/mol. The highest BCUT2D eigenvalue weighted by atomic mass is 32.2. The molecular formula is C10H22O9S2. The van der Waals surface area contributed by atoms with Gasteiger partial charge in [-0.2, -0.15) is 0 Å². The van der Waals surface area contributed by atoms with Gasteiger partial charge < -0.3 is 40.5 Å². The van der Waals surface area contributed by atoms with Crippen LogP contribution in [0.3, 0.4) is 0 Å². The molecule has 0 amide bonds. The van der Waals surface area contributed by atoms with Crippen LogP contribution in [0, 0.1) is 0 Å². The Hall–Kier alpha value is -0.240. The number of carbonyl (C=O) groups is 2. The van der Waals surface area contributed by atoms with Crippen LogP contribution < -0.4 is 0 Å². The van der Waals surface area contributed by atoms with E-state index in [2.05, 4.69) is 25.3 Å². The van der Waals surface area contributed by atoms with Crippen LogP contribution in [-0.4, -0.2) is 83.3 Å². The van der Waals surface area contributed by atoms with Gasteiger partial charge in [-0.25, -0.2) is 0 Å². The van der Waals surface area contributed by atoms with Crippen LogP contribution in [0.2, 0.25) is 0 Å². The van der Waals surface area contributed by atoms with Crippen molar-refractivity contribution in [2.45, 2.75) is 44.1 Å². The Morgan fingerprint density at radius 1 is 1.10 bits per heavy atom. The highest BCUT2D eigenvalue weighted by molar-refractivity contribution is 8.23. The van der Waals surface area contributed by atoms with E-state index in [1.54, 1.807) is 0 Å². The third-order valence-electron chi connectivity index (χ3n) is 1.42. The molecule has 128 valence electrons. The second-order valence-corrected chi connectivity index (χ2v) is 5.30. The number of hydrogen-bond acceptors (Lipinski definition) is 9. The standard InChI is InChI=1S/C6H12O6.C3H8O2.CH2OS2/c7-1-3(9)5(11)6(12)4(10)2-8;1-3(2,4)5;2-1(3)4/h1,3-6,8-12H,2H2;4-5H,1-2H3;(H2,2,3,4). The number of rotatable bonds is 5. The topological polar surface area (TPSA) is 176 Å². The summed E-state index contributed by atoms with van der Waals surface area (Å²) < 4.78 is -0.444. The summed E-state index contributed by atoms with van der Waals surface area (Å²) in [5.41, 5.74) is 0. The van der Waals surface area contributed by atoms with Crippen molar-refractivity contribution in [1.82, 2.24) is 0 Å². The summed E-state index contributed by atoms with van der Waals surface area (Å²) in [4.78, 5) is 19.1. The molecule has 0 heterocycles. The fourth-order valence-electron chi connectivity index (χ4n) is 0.618. The monoisotopic (exact) mass is 350 g/mol. The maximum atomic E-state index is 9.90. The fraction of sp³-hybridized carbons (Fsp3) is 0.800. The summed E-state index contributed by atoms with van der Waals surface area (Å²) in [6, 6.07) is 0. The molecule has 0 aliphatic carbocycles. The van der Waals surface area contributed by atoms with Crippen molar-refractivity contribution >= 4 is 36.0 Å². The SMILES string of the molecule is CC(C)(O)O.O=C(S)S.O=CC(O)C(O)C(O)C(O)CO. The lowest BCUT2D eigenvalue weighted by molar-refractivity contribution is -0.136. The minimum atomic E-state index is -1.79. The molecule has 4 atom stereocenters. The Bertz CT molecular complexity index is 272. The van der Waals surface area contributed by atoms with Gasteiger partial charge in [0.2, 0.25) is 4.45 Å². The molecule has 7 N–H and O–H groups in total. The van der Waals surface area contributed by atoms with Crippen molar-refractivity contribution in [1.29, 1.82) is 0 Å². The predicted octanol–water partition coefficient (Wildman–Crippen LogP) is -2.71. The predicted molar refractivity (Wildman–Crippen MR) is 79.1 cm³/mol. The van der Waals surface area contributed by atoms with Gasteiger partial charge in [0.05, 0.1) is 6.61 Å². The number of thiol groups is 2. The van der Waals surface area contributed by atoms with Crippen molar-refractivity contribution in [3.05, 3.63) is 0 Å². The van der Waals surface area contributed by atoms with Crippen molar-refractivity contribution in [3.63, 3.8) is 0 Å². The van der Waals surface area contributed by atoms with Crippen LogP contribution >= 0.6 is 25.3 Å². The molecule has 4 unspecified atom stereocenters. The first kappa shape index (κ1) is 25.7. The molecule has 11 heteroatoms. The molecule has 0 bridgehead atoms. The van der Waals surface area contributed by atoms with E-state index in [1.807, 2.05) is 0 Å². The van der Waals surface area contributed by atoms with Gasteiger partial charge in [-0.3, -0.25) is 4.79 Å². The van der Waals surface area contributed by atoms with Gasteiger partial charge in [-0.1, -0.05) is 25.3 Å². The molecule has 0 fully saturated rings. The Morgan fingerprint density at radius 2 is 1.38 bits per heavy atom. The van der Waals surface area contributed by atoms with Gasteiger partial charge in [0, 0.05) is 0 Å². The summed E-state index contributed by atoms with van der Waals surface area (Å²) in [7, 11) is 0. The Morgan fingerprint density at radius 3 is 1.57 bits per heavy atom. The third-order valence-corrected chi connectivity index (χ3v) is 1.42. The molecule has 0 aromatic heterocycles. The summed E-state index contributed by atoms with van der Waals surface area (Å²) in [5.74, 6) is -1.50. The summed E-state index contributed by atoms with van der Waals surface area (Å²) in [5, 5.41) is 59.7. The molecule has 0 aromatic rings. The lowest BCUT2D eigenvalue weighted by atomic mass is 10.0. The number of aliphatic hydroxyl groups is 7. The molecule has 0 rings (SSSR count). The van der Waals surface area contributed by atoms with Gasteiger partial charge >= 0.3 is 0 Å². The second-order valence-electron chi connectivity index (χ2n) is 4.13. The number of hydrogen-bond donors (Lipinski definition) is 9. The highest BCUT2D eigenvalue weighted by Crippen LogP contribution is 2.02. The van der Waals surface area contributed by atoms with Gasteiger partial charge in [-0.05, 0) is 13.8 Å². The van der Waals surface area contributed by atoms with E-state index in [0.29, 0.717) is 0 Å². The Balaban J connectivity index is -0.000000297. The average Bonchev–Trinajstić information content (AvgIpc) is 2.32. The van der Waals surface area contributed by atoms with Crippen LogP contribution in [0.4, 0.5) is 4.79 Å². The fourth-order valence-corrected chi connectivity index (χ4v) is 0.618. The lowest BCUT2D eigenvalue weighted by Crippen LogP contribution is -2.46. The maximum absolute atomic E-state index is 9.90. The first-order valence-electron chi connectivity index (χ1n) is 5.42. The lowest BCUT2D eigenvalue weighted by Gasteiger charge is -2.22. The van der Waals surface area contributed by atoms with Crippen LogP contribution in [0.15, 0.2) is 0 Å². The number of aliphatic hydroxyl groups excluding tert-OH is 5. The molecule has 0 saturated carbocycles. The first-order chi connectivity index (χ1) is 9.27. The minimum absolute atomic E-state index is 0.0258. The van der Waals surface area contributed by atoms with E-state index in [1.165, 1.54) is 13.8 Å². The zero-order valence-corrected chi connectivity index (χ0v) is 13.2. The molecule has 0 saturated heterocycles. The number of aldehydes is 1. The minimum Gasteiger partial charge on any atom is -0.394 e. The summed E-state index contributed by atoms with van der Waals surface area (Å²) in [6.07, 6.45) is -6.84. The zero-order chi connectivity index (χ0) is 17.8. The van der Waals surface area contributed by atoms with E-state index < -0.39 is 41.3 Å². The van der Waals surface area contributed by atoms with Crippen LogP contribution in [0.25, 0.3) is 0 Å². The van der Waals surface area contributed by atoms with E-state index >= 15 is 0 Å². The van der Waals surface area contributed by atoms with E-state index in [4.69, 9.17) is 35.7 Å². The highest BCUT2D eigenvalue weighted by Gasteiger charge is 2.29. The largest absolute Gasteiger partial charge is 0.394 e. The quantitative estimate of drug-likeness (QED) is 0.145. The Labute approximate surface area is 132 Å². The van der Waals surface area contributed by atoms with E-state index in [0.717, 1.165) is 0 Å². The second kappa shape index (κ2) is 13.4. The summed E-state index contributed by atoms with van der Waals surface area (Å²) >= 11 is 6.38. The maximum Gasteiger partial charge on any atom is 0.239 e. The van der Waals surface area contributed by atoms with Crippen molar-refractivity contribution in [2.75, 3.05) is 6.61 Å². The molecule has 0 aromatic carbocycles. The van der Waals surface area contributed by atoms with Crippen molar-refractivity contribution in [3.8, 4) is 0 Å². The molecule has 0 aliphatic heterocycles. The zero-order valence-electron chi connectivity index (χ0n) is 11.4. The van der Waals surface area contributed by atoms with E-state index in [9.17, 15) is 9.59 Å². The molecule has 9 nitrogen and oxygen atoms in total. The van der Waals surface area contributed by atoms with Crippen molar-refractivity contribution < 1.29 is 45.3 Å². The third kappa shape index (κ3) is 25.1. The van der Waals surface area contributed by atoms with Gasteiger partial charge in [0.15, 0.2) is 12.1 Å². The average molecular weight is 350 g/mol. The molecule has 0 spiro atoms. The van der Waals surface area contributed by atoms with Gasteiger partial charge in [0.25, 0.3) is 0 Å². The molecule has 0 radical (unpaired) electrons. The van der Waals surface area contributed by atoms with E-state index in [-0.39, 0.29) is 6.29 Å². The smallest absolute Gasteiger partial charge is 0.239 e. The van der Waals surface area contributed by atoms with Crippen molar-refractivity contribution in [2.24, 2.45) is 0 Å². The van der Waals surface area contributed by atoms with Crippen LogP contribution in [-0.2, 0) is 4.79 Å². The molecule has 21 heavy (non-hydrogen) atoms. The normalized spacial score (nSPS) is 16.1. The Kier molecular flexibility index (Phi) is 16.4. The van der Waals surface area contributed by atoms with Gasteiger partial charge in [-0.15, -0.1) is 0 Å². The number of carbonyl (C=O) groups excluding carboxylic acids is 2. The van der Waals surface area contributed by atoms with Crippen LogP contribution in [0.1, 0.15) is 13.8 Å². The first-order valence-corrected chi connectivity index (χ1v) is 6.32. The molecule has 0 aliphatic rings. The van der Waals surface area contributed by atoms with Crippen LogP contribution in [0.5, 0.6) is 0 Å². The summed E-state index contributed by atoms with van der Waals surface area (Å²) in [6.45, 7) is 1.84.